The molecule has 0 spiro atoms. The van der Waals surface area contributed by atoms with E-state index in [0.29, 0.717) is 17.9 Å². The molecule has 0 aliphatic heterocycles. The second-order valence-corrected chi connectivity index (χ2v) is 4.07. The van der Waals surface area contributed by atoms with Crippen LogP contribution < -0.4 is 15.4 Å². The fourth-order valence-corrected chi connectivity index (χ4v) is 1.42. The van der Waals surface area contributed by atoms with E-state index in [4.69, 9.17) is 9.47 Å². The topological polar surface area (TPSA) is 93.7 Å². The molecule has 0 fully saturated rings. The lowest BCUT2D eigenvalue weighted by Gasteiger charge is -2.14. The summed E-state index contributed by atoms with van der Waals surface area (Å²) in [6.45, 7) is 3.54. The third-order valence-corrected chi connectivity index (χ3v) is 2.51. The van der Waals surface area contributed by atoms with Crippen LogP contribution in [0.25, 0.3) is 0 Å². The first-order valence-corrected chi connectivity index (χ1v) is 6.44. The lowest BCUT2D eigenvalue weighted by Crippen LogP contribution is -2.43. The highest BCUT2D eigenvalue weighted by Gasteiger charge is 2.17. The summed E-state index contributed by atoms with van der Waals surface area (Å²) in [4.78, 5) is 34.1. The molecule has 1 atom stereocenters. The van der Waals surface area contributed by atoms with Crippen LogP contribution in [0.3, 0.4) is 0 Å². The van der Waals surface area contributed by atoms with Crippen molar-refractivity contribution in [3.05, 3.63) is 29.8 Å². The van der Waals surface area contributed by atoms with E-state index >= 15 is 0 Å². The zero-order valence-electron chi connectivity index (χ0n) is 12.1. The van der Waals surface area contributed by atoms with Crippen molar-refractivity contribution in [1.82, 2.24) is 10.6 Å². The molecule has 21 heavy (non-hydrogen) atoms. The van der Waals surface area contributed by atoms with E-state index in [1.54, 1.807) is 19.1 Å². The predicted molar refractivity (Wildman–Crippen MR) is 75.1 cm³/mol. The zero-order valence-corrected chi connectivity index (χ0v) is 12.1. The van der Waals surface area contributed by atoms with Crippen molar-refractivity contribution in [1.29, 1.82) is 0 Å². The van der Waals surface area contributed by atoms with Crippen LogP contribution in [-0.4, -0.2) is 37.7 Å². The Hall–Kier alpha value is -2.57. The SMILES string of the molecule is CCOC(=O)c1ccc(OC(C)C(=O)NC(=O)NC)cc1. The summed E-state index contributed by atoms with van der Waals surface area (Å²) in [6.07, 6.45) is -0.851. The van der Waals surface area contributed by atoms with Crippen LogP contribution in [0.4, 0.5) is 4.79 Å². The molecule has 0 aliphatic rings. The number of hydrogen-bond acceptors (Lipinski definition) is 5. The fourth-order valence-electron chi connectivity index (χ4n) is 1.42. The van der Waals surface area contributed by atoms with Gasteiger partial charge in [0.25, 0.3) is 5.91 Å². The Morgan fingerprint density at radius 1 is 1.19 bits per heavy atom. The predicted octanol–water partition coefficient (Wildman–Crippen LogP) is 1.09. The van der Waals surface area contributed by atoms with E-state index in [-0.39, 0.29) is 0 Å². The second kappa shape index (κ2) is 7.88. The van der Waals surface area contributed by atoms with Gasteiger partial charge in [0.05, 0.1) is 12.2 Å². The van der Waals surface area contributed by atoms with Crippen LogP contribution in [0, 0.1) is 0 Å². The third-order valence-electron chi connectivity index (χ3n) is 2.51. The number of carbonyl (C=O) groups is 3. The van der Waals surface area contributed by atoms with E-state index in [9.17, 15) is 14.4 Å². The molecule has 2 N–H and O–H groups in total. The van der Waals surface area contributed by atoms with Crippen LogP contribution in [0.2, 0.25) is 0 Å². The molecule has 3 amide bonds. The largest absolute Gasteiger partial charge is 0.481 e. The molecular weight excluding hydrogens is 276 g/mol. The van der Waals surface area contributed by atoms with Crippen molar-refractivity contribution < 1.29 is 23.9 Å². The summed E-state index contributed by atoms with van der Waals surface area (Å²) < 4.78 is 10.2. The number of urea groups is 1. The Kier molecular flexibility index (Phi) is 6.19. The molecule has 0 heterocycles. The quantitative estimate of drug-likeness (QED) is 0.793. The molecule has 0 saturated heterocycles. The van der Waals surface area contributed by atoms with Gasteiger partial charge in [-0.3, -0.25) is 10.1 Å². The summed E-state index contributed by atoms with van der Waals surface area (Å²) in [5.74, 6) is -0.583. The van der Waals surface area contributed by atoms with Crippen LogP contribution in [0.15, 0.2) is 24.3 Å². The molecular formula is C14H18N2O5. The lowest BCUT2D eigenvalue weighted by atomic mass is 10.2. The van der Waals surface area contributed by atoms with Crippen molar-refractivity contribution in [2.24, 2.45) is 0 Å². The first-order chi connectivity index (χ1) is 9.97. The molecule has 7 heteroatoms. The Bertz CT molecular complexity index is 513. The summed E-state index contributed by atoms with van der Waals surface area (Å²) in [6, 6.07) is 5.58. The highest BCUT2D eigenvalue weighted by molar-refractivity contribution is 5.96. The Balaban J connectivity index is 2.61. The van der Waals surface area contributed by atoms with Gasteiger partial charge in [0.1, 0.15) is 5.75 Å². The monoisotopic (exact) mass is 294 g/mol. The summed E-state index contributed by atoms with van der Waals surface area (Å²) >= 11 is 0. The van der Waals surface area contributed by atoms with Crippen LogP contribution in [0.5, 0.6) is 5.75 Å². The minimum Gasteiger partial charge on any atom is -0.481 e. The van der Waals surface area contributed by atoms with Gasteiger partial charge in [0.2, 0.25) is 0 Å². The minimum absolute atomic E-state index is 0.299. The van der Waals surface area contributed by atoms with Gasteiger partial charge < -0.3 is 14.8 Å². The van der Waals surface area contributed by atoms with Gasteiger partial charge in [-0.25, -0.2) is 9.59 Å². The number of hydrogen-bond donors (Lipinski definition) is 2. The van der Waals surface area contributed by atoms with Gasteiger partial charge in [-0.2, -0.15) is 0 Å². The van der Waals surface area contributed by atoms with Gasteiger partial charge in [0.15, 0.2) is 6.10 Å². The van der Waals surface area contributed by atoms with Crippen LogP contribution in [0.1, 0.15) is 24.2 Å². The first kappa shape index (κ1) is 16.5. The van der Waals surface area contributed by atoms with Crippen LogP contribution >= 0.6 is 0 Å². The van der Waals surface area contributed by atoms with Crippen LogP contribution in [-0.2, 0) is 9.53 Å². The minimum atomic E-state index is -0.851. The maximum atomic E-state index is 11.6. The molecule has 0 aliphatic carbocycles. The van der Waals surface area contributed by atoms with Gasteiger partial charge in [0, 0.05) is 7.05 Å². The van der Waals surface area contributed by atoms with E-state index in [1.807, 2.05) is 0 Å². The zero-order chi connectivity index (χ0) is 15.8. The number of esters is 1. The van der Waals surface area contributed by atoms with E-state index < -0.39 is 24.0 Å². The van der Waals surface area contributed by atoms with E-state index in [0.717, 1.165) is 0 Å². The average molecular weight is 294 g/mol. The smallest absolute Gasteiger partial charge is 0.338 e. The standard InChI is InChI=1S/C14H18N2O5/c1-4-20-13(18)10-5-7-11(8-6-10)21-9(2)12(17)16-14(19)15-3/h5-9H,4H2,1-3H3,(H2,15,16,17,19). The summed E-state index contributed by atoms with van der Waals surface area (Å²) in [5.41, 5.74) is 0.395. The molecule has 1 aromatic carbocycles. The molecule has 0 bridgehead atoms. The molecule has 1 unspecified atom stereocenters. The highest BCUT2D eigenvalue weighted by Crippen LogP contribution is 2.14. The molecule has 0 aromatic heterocycles. The number of nitrogens with one attached hydrogen (secondary N) is 2. The second-order valence-electron chi connectivity index (χ2n) is 4.07. The number of ether oxygens (including phenoxy) is 2. The highest BCUT2D eigenvalue weighted by atomic mass is 16.5. The maximum Gasteiger partial charge on any atom is 0.338 e. The third kappa shape index (κ3) is 5.13. The lowest BCUT2D eigenvalue weighted by molar-refractivity contribution is -0.126. The number of rotatable bonds is 5. The van der Waals surface area contributed by atoms with Crippen molar-refractivity contribution >= 4 is 17.9 Å². The molecule has 7 nitrogen and oxygen atoms in total. The number of benzene rings is 1. The summed E-state index contributed by atoms with van der Waals surface area (Å²) in [5, 5.41) is 4.38. The number of carbonyl (C=O) groups excluding carboxylic acids is 3. The van der Waals surface area contributed by atoms with E-state index in [2.05, 4.69) is 10.6 Å². The van der Waals surface area contributed by atoms with Gasteiger partial charge in [-0.15, -0.1) is 0 Å². The van der Waals surface area contributed by atoms with Crippen molar-refractivity contribution in [2.75, 3.05) is 13.7 Å². The molecule has 0 saturated carbocycles. The normalized spacial score (nSPS) is 11.2. The molecule has 1 aromatic rings. The Labute approximate surface area is 122 Å². The Morgan fingerprint density at radius 2 is 1.81 bits per heavy atom. The number of imide groups is 1. The first-order valence-electron chi connectivity index (χ1n) is 6.44. The van der Waals surface area contributed by atoms with Crippen molar-refractivity contribution in [3.8, 4) is 5.75 Å². The molecule has 0 radical (unpaired) electrons. The fraction of sp³-hybridized carbons (Fsp3) is 0.357. The maximum absolute atomic E-state index is 11.6. The number of amides is 3. The summed E-state index contributed by atoms with van der Waals surface area (Å²) in [7, 11) is 1.41. The van der Waals surface area contributed by atoms with Crippen molar-refractivity contribution in [2.45, 2.75) is 20.0 Å². The molecule has 1 rings (SSSR count). The van der Waals surface area contributed by atoms with Gasteiger partial charge in [-0.1, -0.05) is 0 Å². The van der Waals surface area contributed by atoms with Crippen molar-refractivity contribution in [3.63, 3.8) is 0 Å². The van der Waals surface area contributed by atoms with Gasteiger partial charge >= 0.3 is 12.0 Å². The molecule has 114 valence electrons. The average Bonchev–Trinajstić information content (AvgIpc) is 2.47. The van der Waals surface area contributed by atoms with E-state index in [1.165, 1.54) is 26.1 Å². The van der Waals surface area contributed by atoms with Gasteiger partial charge in [-0.05, 0) is 38.1 Å². The Morgan fingerprint density at radius 3 is 2.33 bits per heavy atom.